The molecule has 0 unspecified atom stereocenters. The molecule has 1 saturated carbocycles. The summed E-state index contributed by atoms with van der Waals surface area (Å²) in [4.78, 5) is 0. The first-order valence-corrected chi connectivity index (χ1v) is 7.56. The Morgan fingerprint density at radius 1 is 0.944 bits per heavy atom. The highest BCUT2D eigenvalue weighted by molar-refractivity contribution is 5.27. The quantitative estimate of drug-likeness (QED) is 0.652. The highest BCUT2D eigenvalue weighted by Crippen LogP contribution is 2.55. The summed E-state index contributed by atoms with van der Waals surface area (Å²) in [5, 5.41) is 0. The highest BCUT2D eigenvalue weighted by atomic mass is 14.5. The molecule has 0 heteroatoms. The molecule has 0 N–H and O–H groups in total. The van der Waals surface area contributed by atoms with Crippen LogP contribution in [-0.4, -0.2) is 0 Å². The van der Waals surface area contributed by atoms with Crippen molar-refractivity contribution in [1.29, 1.82) is 0 Å². The maximum atomic E-state index is 2.47. The Balaban J connectivity index is 2.41. The Morgan fingerprint density at radius 2 is 1.50 bits per heavy atom. The summed E-state index contributed by atoms with van der Waals surface area (Å²) >= 11 is 0. The molecule has 100 valence electrons. The van der Waals surface area contributed by atoms with Gasteiger partial charge in [0.1, 0.15) is 0 Å². The molecule has 2 rings (SSSR count). The second-order valence-electron chi connectivity index (χ2n) is 6.86. The molecule has 0 radical (unpaired) electrons. The zero-order valence-corrected chi connectivity index (χ0v) is 12.5. The zero-order valence-electron chi connectivity index (χ0n) is 12.5. The Labute approximate surface area is 113 Å². The maximum absolute atomic E-state index is 2.47. The summed E-state index contributed by atoms with van der Waals surface area (Å²) in [5.41, 5.74) is 2.27. The Hall–Kier alpha value is -0.780. The number of rotatable bonds is 3. The van der Waals surface area contributed by atoms with Crippen LogP contribution in [0.1, 0.15) is 65.4 Å². The van der Waals surface area contributed by atoms with Crippen molar-refractivity contribution in [1.82, 2.24) is 0 Å². The van der Waals surface area contributed by atoms with E-state index in [9.17, 15) is 0 Å². The van der Waals surface area contributed by atoms with Gasteiger partial charge in [-0.25, -0.2) is 0 Å². The summed E-state index contributed by atoms with van der Waals surface area (Å²) in [6, 6.07) is 11.1. The van der Waals surface area contributed by atoms with Crippen molar-refractivity contribution in [3.05, 3.63) is 35.9 Å². The van der Waals surface area contributed by atoms with Gasteiger partial charge < -0.3 is 0 Å². The van der Waals surface area contributed by atoms with E-state index in [0.29, 0.717) is 5.41 Å². The number of benzene rings is 1. The van der Waals surface area contributed by atoms with Crippen LogP contribution in [0.25, 0.3) is 0 Å². The minimum atomic E-state index is 0.281. The van der Waals surface area contributed by atoms with Crippen LogP contribution in [-0.2, 0) is 5.41 Å². The lowest BCUT2D eigenvalue weighted by molar-refractivity contribution is 0.0308. The summed E-state index contributed by atoms with van der Waals surface area (Å²) in [6.07, 6.45) is 7.04. The Bertz CT molecular complexity index is 366. The number of hydrogen-bond acceptors (Lipinski definition) is 0. The van der Waals surface area contributed by atoms with Crippen molar-refractivity contribution < 1.29 is 0 Å². The van der Waals surface area contributed by atoms with E-state index < -0.39 is 0 Å². The summed E-state index contributed by atoms with van der Waals surface area (Å²) < 4.78 is 0. The second kappa shape index (κ2) is 5.07. The Morgan fingerprint density at radius 3 is 2.00 bits per heavy atom. The molecule has 18 heavy (non-hydrogen) atoms. The smallest absolute Gasteiger partial charge is 0.00447 e. The second-order valence-corrected chi connectivity index (χ2v) is 6.86. The van der Waals surface area contributed by atoms with Gasteiger partial charge in [0.15, 0.2) is 0 Å². The molecule has 1 aromatic carbocycles. The highest BCUT2D eigenvalue weighted by Gasteiger charge is 2.48. The van der Waals surface area contributed by atoms with E-state index in [1.807, 2.05) is 0 Å². The van der Waals surface area contributed by atoms with Crippen molar-refractivity contribution in [3.63, 3.8) is 0 Å². The van der Waals surface area contributed by atoms with Crippen LogP contribution in [0.4, 0.5) is 0 Å². The fraction of sp³-hybridized carbons (Fsp3) is 0.667. The van der Waals surface area contributed by atoms with Gasteiger partial charge in [0.25, 0.3) is 0 Å². The van der Waals surface area contributed by atoms with Gasteiger partial charge in [-0.05, 0) is 35.2 Å². The van der Waals surface area contributed by atoms with Crippen LogP contribution < -0.4 is 0 Å². The first-order valence-electron chi connectivity index (χ1n) is 7.56. The van der Waals surface area contributed by atoms with E-state index in [4.69, 9.17) is 0 Å². The molecule has 1 aliphatic carbocycles. The van der Waals surface area contributed by atoms with Crippen LogP contribution in [0.5, 0.6) is 0 Å². The minimum Gasteiger partial charge on any atom is -0.0622 e. The predicted octanol–water partition coefficient (Wildman–Crippen LogP) is 5.57. The summed E-state index contributed by atoms with van der Waals surface area (Å²) in [5.74, 6) is 0.757. The van der Waals surface area contributed by atoms with E-state index in [0.717, 1.165) is 5.92 Å². The Kier molecular flexibility index (Phi) is 3.84. The van der Waals surface area contributed by atoms with Gasteiger partial charge in [0.05, 0.1) is 0 Å². The van der Waals surface area contributed by atoms with Gasteiger partial charge in [0, 0.05) is 0 Å². The van der Waals surface area contributed by atoms with Gasteiger partial charge >= 0.3 is 0 Å². The molecule has 1 fully saturated rings. The molecule has 0 aromatic heterocycles. The largest absolute Gasteiger partial charge is 0.0622 e. The van der Waals surface area contributed by atoms with E-state index >= 15 is 0 Å². The van der Waals surface area contributed by atoms with Gasteiger partial charge in [-0.15, -0.1) is 0 Å². The van der Waals surface area contributed by atoms with Crippen LogP contribution in [0.15, 0.2) is 30.3 Å². The van der Waals surface area contributed by atoms with Gasteiger partial charge in [-0.2, -0.15) is 0 Å². The molecule has 0 atom stereocenters. The molecule has 1 aromatic rings. The van der Waals surface area contributed by atoms with Gasteiger partial charge in [-0.1, -0.05) is 77.3 Å². The topological polar surface area (TPSA) is 0 Å². The average Bonchev–Trinajstić information content (AvgIpc) is 2.40. The molecule has 0 heterocycles. The van der Waals surface area contributed by atoms with Crippen molar-refractivity contribution in [3.8, 4) is 0 Å². The van der Waals surface area contributed by atoms with Gasteiger partial charge in [-0.3, -0.25) is 0 Å². The molecule has 0 saturated heterocycles. The molecule has 0 bridgehead atoms. The van der Waals surface area contributed by atoms with Crippen molar-refractivity contribution in [2.75, 3.05) is 0 Å². The standard InChI is InChI=1S/C18H28/c1-15(2)18(13-9-6-10-14-18)17(3,4)16-11-7-5-8-12-16/h5,7-8,11-12,15H,6,9-10,13-14H2,1-4H3. The third-order valence-corrected chi connectivity index (χ3v) is 5.59. The number of hydrogen-bond donors (Lipinski definition) is 0. The first-order chi connectivity index (χ1) is 8.51. The summed E-state index contributed by atoms with van der Waals surface area (Å²) in [6.45, 7) is 9.79. The normalized spacial score (nSPS) is 20.1. The van der Waals surface area contributed by atoms with E-state index in [1.54, 1.807) is 0 Å². The van der Waals surface area contributed by atoms with Gasteiger partial charge in [0.2, 0.25) is 0 Å². The molecule has 0 aliphatic heterocycles. The fourth-order valence-electron chi connectivity index (χ4n) is 4.25. The molecular weight excluding hydrogens is 216 g/mol. The van der Waals surface area contributed by atoms with Crippen molar-refractivity contribution >= 4 is 0 Å². The summed E-state index contributed by atoms with van der Waals surface area (Å²) in [7, 11) is 0. The fourth-order valence-corrected chi connectivity index (χ4v) is 4.25. The third-order valence-electron chi connectivity index (χ3n) is 5.59. The zero-order chi connectivity index (χ0) is 13.2. The molecule has 0 amide bonds. The predicted molar refractivity (Wildman–Crippen MR) is 79.8 cm³/mol. The van der Waals surface area contributed by atoms with Crippen LogP contribution in [0, 0.1) is 11.3 Å². The lowest BCUT2D eigenvalue weighted by Crippen LogP contribution is -2.46. The van der Waals surface area contributed by atoms with Crippen molar-refractivity contribution in [2.24, 2.45) is 11.3 Å². The molecule has 0 spiro atoms. The van der Waals surface area contributed by atoms with E-state index in [1.165, 1.54) is 37.7 Å². The van der Waals surface area contributed by atoms with E-state index in [-0.39, 0.29) is 5.41 Å². The van der Waals surface area contributed by atoms with E-state index in [2.05, 4.69) is 58.0 Å². The molecule has 0 nitrogen and oxygen atoms in total. The molecular formula is C18H28. The first kappa shape index (κ1) is 13.6. The average molecular weight is 244 g/mol. The monoisotopic (exact) mass is 244 g/mol. The lowest BCUT2D eigenvalue weighted by Gasteiger charge is -2.53. The van der Waals surface area contributed by atoms with Crippen LogP contribution in [0.2, 0.25) is 0 Å². The van der Waals surface area contributed by atoms with Crippen LogP contribution >= 0.6 is 0 Å². The minimum absolute atomic E-state index is 0.281. The molecule has 1 aliphatic rings. The van der Waals surface area contributed by atoms with Crippen LogP contribution in [0.3, 0.4) is 0 Å². The maximum Gasteiger partial charge on any atom is -0.00447 e. The van der Waals surface area contributed by atoms with Crippen molar-refractivity contribution in [2.45, 2.75) is 65.2 Å². The lowest BCUT2D eigenvalue weighted by atomic mass is 9.52. The SMILES string of the molecule is CC(C)C1(C(C)(C)c2ccccc2)CCCCC1. The third kappa shape index (κ3) is 2.11.